The van der Waals surface area contributed by atoms with Gasteiger partial charge < -0.3 is 5.73 Å². The molecule has 0 aliphatic heterocycles. The third-order valence-corrected chi connectivity index (χ3v) is 2.53. The van der Waals surface area contributed by atoms with Gasteiger partial charge in [-0.25, -0.2) is 0 Å². The lowest BCUT2D eigenvalue weighted by Gasteiger charge is -2.08. The smallest absolute Gasteiger partial charge is 0.0387 e. The molecule has 0 saturated carbocycles. The fraction of sp³-hybridized carbons (Fsp3) is 0.385. The molecule has 1 rings (SSSR count). The minimum absolute atomic E-state index is 0.483. The Labute approximate surface area is 102 Å². The summed E-state index contributed by atoms with van der Waals surface area (Å²) in [6.45, 7) is 4.79. The van der Waals surface area contributed by atoms with Crippen LogP contribution in [0.15, 0.2) is 29.4 Å². The van der Waals surface area contributed by atoms with Crippen LogP contribution in [0.25, 0.3) is 16.5 Å². The van der Waals surface area contributed by atoms with Gasteiger partial charge in [0.2, 0.25) is 0 Å². The van der Waals surface area contributed by atoms with E-state index in [4.69, 9.17) is 11.3 Å². The minimum Gasteiger partial charge on any atom is -0.398 e. The normalized spacial score (nSPS) is 10.8. The third-order valence-electron chi connectivity index (χ3n) is 2.53. The monoisotopic (exact) mass is 230 g/mol. The quantitative estimate of drug-likeness (QED) is 0.267. The van der Waals surface area contributed by atoms with E-state index in [9.17, 15) is 0 Å². The van der Waals surface area contributed by atoms with Crippen molar-refractivity contribution in [3.8, 4) is 0 Å². The molecule has 0 bridgehead atoms. The topological polar surface area (TPSA) is 74.8 Å². The molecule has 0 aliphatic carbocycles. The van der Waals surface area contributed by atoms with Crippen LogP contribution in [0.5, 0.6) is 0 Å². The molecule has 0 fully saturated rings. The number of nitrogens with two attached hydrogens (primary N) is 1. The Balaban J connectivity index is 2.75. The molecule has 0 unspecified atom stereocenters. The first-order chi connectivity index (χ1) is 8.15. The minimum atomic E-state index is 0.483. The molecule has 17 heavy (non-hydrogen) atoms. The Hall–Kier alpha value is -1.93. The first kappa shape index (κ1) is 13.1. The summed E-state index contributed by atoms with van der Waals surface area (Å²) < 4.78 is 0. The van der Waals surface area contributed by atoms with Gasteiger partial charge >= 0.3 is 0 Å². The molecule has 0 heterocycles. The van der Waals surface area contributed by atoms with E-state index in [-0.39, 0.29) is 0 Å². The van der Waals surface area contributed by atoms with Crippen molar-refractivity contribution in [2.45, 2.75) is 26.2 Å². The third kappa shape index (κ3) is 4.21. The fourth-order valence-electron chi connectivity index (χ4n) is 1.48. The molecule has 2 N–H and O–H groups in total. The maximum Gasteiger partial charge on any atom is 0.0387 e. The van der Waals surface area contributed by atoms with E-state index in [1.54, 1.807) is 0 Å². The molecular formula is C13H18N4. The number of rotatable bonds is 5. The van der Waals surface area contributed by atoms with Gasteiger partial charge in [-0.15, -0.1) is 0 Å². The standard InChI is InChI=1S/C13H18N4/c1-10(2)11-6-7-13(14)12(9-11)5-3-4-8-16-17-15/h3,5-7,9-10H,4,8,14H2,1-2H3. The molecule has 0 aromatic heterocycles. The zero-order valence-corrected chi connectivity index (χ0v) is 10.3. The van der Waals surface area contributed by atoms with Crippen LogP contribution in [0.2, 0.25) is 0 Å². The van der Waals surface area contributed by atoms with Crippen LogP contribution in [-0.4, -0.2) is 6.54 Å². The van der Waals surface area contributed by atoms with Crippen LogP contribution in [0.1, 0.15) is 37.3 Å². The molecule has 90 valence electrons. The highest BCUT2D eigenvalue weighted by Crippen LogP contribution is 2.21. The molecule has 4 nitrogen and oxygen atoms in total. The number of benzene rings is 1. The fourth-order valence-corrected chi connectivity index (χ4v) is 1.48. The van der Waals surface area contributed by atoms with Crippen LogP contribution in [0.4, 0.5) is 5.69 Å². The molecule has 4 heteroatoms. The van der Waals surface area contributed by atoms with Crippen molar-refractivity contribution in [3.05, 3.63) is 45.8 Å². The molecule has 0 radical (unpaired) electrons. The van der Waals surface area contributed by atoms with Crippen molar-refractivity contribution in [1.29, 1.82) is 0 Å². The van der Waals surface area contributed by atoms with Crippen molar-refractivity contribution < 1.29 is 0 Å². The molecule has 1 aromatic carbocycles. The lowest BCUT2D eigenvalue weighted by atomic mass is 9.99. The summed E-state index contributed by atoms with van der Waals surface area (Å²) in [4.78, 5) is 2.70. The Bertz CT molecular complexity index is 443. The highest BCUT2D eigenvalue weighted by Gasteiger charge is 2.01. The second kappa shape index (κ2) is 6.61. The Morgan fingerprint density at radius 3 is 2.88 bits per heavy atom. The summed E-state index contributed by atoms with van der Waals surface area (Å²) in [5.74, 6) is 0.492. The van der Waals surface area contributed by atoms with Gasteiger partial charge in [-0.1, -0.05) is 37.2 Å². The van der Waals surface area contributed by atoms with E-state index in [1.807, 2.05) is 18.2 Å². The van der Waals surface area contributed by atoms with Crippen LogP contribution in [0, 0.1) is 0 Å². The highest BCUT2D eigenvalue weighted by atomic mass is 15.1. The van der Waals surface area contributed by atoms with Gasteiger partial charge in [0, 0.05) is 17.1 Å². The predicted molar refractivity (Wildman–Crippen MR) is 72.6 cm³/mol. The van der Waals surface area contributed by atoms with Gasteiger partial charge in [0.25, 0.3) is 0 Å². The van der Waals surface area contributed by atoms with Crippen LogP contribution in [0.3, 0.4) is 0 Å². The van der Waals surface area contributed by atoms with Crippen molar-refractivity contribution in [2.75, 3.05) is 12.3 Å². The van der Waals surface area contributed by atoms with E-state index < -0.39 is 0 Å². The molecule has 0 spiro atoms. The lowest BCUT2D eigenvalue weighted by Crippen LogP contribution is -1.93. The SMILES string of the molecule is CC(C)c1ccc(N)c(C=CCCN=[N+]=[N-])c1. The van der Waals surface area contributed by atoms with E-state index >= 15 is 0 Å². The molecule has 1 aromatic rings. The van der Waals surface area contributed by atoms with Gasteiger partial charge in [-0.3, -0.25) is 0 Å². The highest BCUT2D eigenvalue weighted by molar-refractivity contribution is 5.65. The number of anilines is 1. The van der Waals surface area contributed by atoms with Gasteiger partial charge in [0.15, 0.2) is 0 Å². The summed E-state index contributed by atoms with van der Waals surface area (Å²) in [7, 11) is 0. The molecule has 0 amide bonds. The van der Waals surface area contributed by atoms with E-state index in [0.717, 1.165) is 17.7 Å². The van der Waals surface area contributed by atoms with Crippen molar-refractivity contribution in [2.24, 2.45) is 5.11 Å². The largest absolute Gasteiger partial charge is 0.398 e. The molecule has 0 aliphatic rings. The zero-order valence-electron chi connectivity index (χ0n) is 10.3. The van der Waals surface area contributed by atoms with Gasteiger partial charge in [-0.05, 0) is 41.1 Å². The Morgan fingerprint density at radius 1 is 1.47 bits per heavy atom. The lowest BCUT2D eigenvalue weighted by molar-refractivity contribution is 0.866. The van der Waals surface area contributed by atoms with E-state index in [2.05, 4.69) is 36.0 Å². The summed E-state index contributed by atoms with van der Waals surface area (Å²) in [6, 6.07) is 6.09. The summed E-state index contributed by atoms with van der Waals surface area (Å²) in [5.41, 5.74) is 17.1. The first-order valence-electron chi connectivity index (χ1n) is 5.72. The average molecular weight is 230 g/mol. The Kier molecular flexibility index (Phi) is 5.11. The van der Waals surface area contributed by atoms with Crippen molar-refractivity contribution >= 4 is 11.8 Å². The van der Waals surface area contributed by atoms with Crippen molar-refractivity contribution in [3.63, 3.8) is 0 Å². The predicted octanol–water partition coefficient (Wildman–Crippen LogP) is 4.11. The second-order valence-corrected chi connectivity index (χ2v) is 4.19. The first-order valence-corrected chi connectivity index (χ1v) is 5.72. The van der Waals surface area contributed by atoms with Gasteiger partial charge in [0.1, 0.15) is 0 Å². The number of azide groups is 1. The number of hydrogen-bond donors (Lipinski definition) is 1. The number of nitrogens with zero attached hydrogens (tertiary/aromatic N) is 3. The van der Waals surface area contributed by atoms with E-state index in [0.29, 0.717) is 12.5 Å². The van der Waals surface area contributed by atoms with Crippen LogP contribution < -0.4 is 5.73 Å². The summed E-state index contributed by atoms with van der Waals surface area (Å²) >= 11 is 0. The average Bonchev–Trinajstić information content (AvgIpc) is 2.30. The second-order valence-electron chi connectivity index (χ2n) is 4.19. The summed E-state index contributed by atoms with van der Waals surface area (Å²) in [5, 5.41) is 3.47. The molecule has 0 atom stereocenters. The van der Waals surface area contributed by atoms with Crippen molar-refractivity contribution in [1.82, 2.24) is 0 Å². The molecular weight excluding hydrogens is 212 g/mol. The van der Waals surface area contributed by atoms with Crippen LogP contribution in [-0.2, 0) is 0 Å². The summed E-state index contributed by atoms with van der Waals surface area (Å²) in [6.07, 6.45) is 4.69. The zero-order chi connectivity index (χ0) is 12.7. The maximum atomic E-state index is 8.14. The van der Waals surface area contributed by atoms with E-state index in [1.165, 1.54) is 5.56 Å². The molecule has 0 saturated heterocycles. The van der Waals surface area contributed by atoms with Crippen LogP contribution >= 0.6 is 0 Å². The Morgan fingerprint density at radius 2 is 2.24 bits per heavy atom. The maximum absolute atomic E-state index is 8.14. The van der Waals surface area contributed by atoms with Gasteiger partial charge in [-0.2, -0.15) is 0 Å². The number of nitrogen functional groups attached to an aromatic ring is 1. The van der Waals surface area contributed by atoms with Gasteiger partial charge in [0.05, 0.1) is 0 Å². The number of hydrogen-bond acceptors (Lipinski definition) is 2.